The van der Waals surface area contributed by atoms with Crippen LogP contribution in [0.15, 0.2) is 17.6 Å². The predicted octanol–water partition coefficient (Wildman–Crippen LogP) is -0.118. The first-order chi connectivity index (χ1) is 7.07. The molecule has 0 amide bonds. The minimum atomic E-state index is -3.69. The smallest absolute Gasteiger partial charge is 0.257 e. The first kappa shape index (κ1) is 10.6. The Hall–Kier alpha value is -0.920. The van der Waals surface area contributed by atoms with Crippen LogP contribution in [0.1, 0.15) is 18.9 Å². The summed E-state index contributed by atoms with van der Waals surface area (Å²) in [4.78, 5) is 3.76. The first-order valence-corrected chi connectivity index (χ1v) is 6.26. The van der Waals surface area contributed by atoms with Gasteiger partial charge in [-0.1, -0.05) is 0 Å². The van der Waals surface area contributed by atoms with E-state index in [0.717, 1.165) is 19.4 Å². The van der Waals surface area contributed by atoms with Gasteiger partial charge in [0.2, 0.25) is 0 Å². The molecule has 0 aromatic carbocycles. The Bertz CT molecular complexity index is 434. The van der Waals surface area contributed by atoms with Gasteiger partial charge in [-0.25, -0.2) is 18.5 Å². The largest absolute Gasteiger partial charge is 0.379 e. The van der Waals surface area contributed by atoms with Gasteiger partial charge in [0.25, 0.3) is 10.0 Å². The molecular formula is C8H13N3O3S. The van der Waals surface area contributed by atoms with Crippen molar-refractivity contribution < 1.29 is 13.2 Å². The number of imidazole rings is 1. The van der Waals surface area contributed by atoms with Gasteiger partial charge >= 0.3 is 0 Å². The summed E-state index contributed by atoms with van der Waals surface area (Å²) in [6.45, 7) is 1.37. The van der Waals surface area contributed by atoms with Crippen molar-refractivity contribution in [3.63, 3.8) is 0 Å². The fourth-order valence-corrected chi connectivity index (χ4v) is 2.09. The van der Waals surface area contributed by atoms with E-state index in [1.54, 1.807) is 4.57 Å². The molecule has 1 saturated heterocycles. The Balaban J connectivity index is 2.19. The zero-order valence-electron chi connectivity index (χ0n) is 8.17. The second kappa shape index (κ2) is 3.92. The molecule has 0 spiro atoms. The van der Waals surface area contributed by atoms with Gasteiger partial charge in [0.05, 0.1) is 19.0 Å². The summed E-state index contributed by atoms with van der Waals surface area (Å²) in [6, 6.07) is 0.168. The van der Waals surface area contributed by atoms with Crippen LogP contribution >= 0.6 is 0 Å². The lowest BCUT2D eigenvalue weighted by Gasteiger charge is -2.22. The fraction of sp³-hybridized carbons (Fsp3) is 0.625. The van der Waals surface area contributed by atoms with Gasteiger partial charge in [0.15, 0.2) is 5.03 Å². The highest BCUT2D eigenvalue weighted by Crippen LogP contribution is 2.19. The molecule has 2 heterocycles. The van der Waals surface area contributed by atoms with Gasteiger partial charge in [0, 0.05) is 12.8 Å². The molecule has 0 saturated carbocycles. The molecule has 84 valence electrons. The van der Waals surface area contributed by atoms with Crippen molar-refractivity contribution in [3.05, 3.63) is 12.5 Å². The summed E-state index contributed by atoms with van der Waals surface area (Å²) >= 11 is 0. The van der Waals surface area contributed by atoms with Crippen molar-refractivity contribution in [3.8, 4) is 0 Å². The maximum Gasteiger partial charge on any atom is 0.257 e. The van der Waals surface area contributed by atoms with Gasteiger partial charge in [0.1, 0.15) is 0 Å². The molecule has 0 radical (unpaired) electrons. The molecule has 0 bridgehead atoms. The van der Waals surface area contributed by atoms with Crippen LogP contribution in [0.3, 0.4) is 0 Å². The molecule has 1 fully saturated rings. The molecule has 0 aliphatic carbocycles. The zero-order chi connectivity index (χ0) is 10.9. The topological polar surface area (TPSA) is 87.2 Å². The Kier molecular flexibility index (Phi) is 2.76. The molecule has 6 nitrogen and oxygen atoms in total. The quantitative estimate of drug-likeness (QED) is 0.768. The monoisotopic (exact) mass is 231 g/mol. The standard InChI is InChI=1S/C8H13N3O3S/c9-15(12,13)8-4-11(6-10-8)7-2-1-3-14-5-7/h4,6-7H,1-3,5H2,(H2,9,12,13). The number of nitrogens with two attached hydrogens (primary N) is 1. The highest BCUT2D eigenvalue weighted by Gasteiger charge is 2.18. The Labute approximate surface area is 88.1 Å². The normalized spacial score (nSPS) is 22.9. The molecular weight excluding hydrogens is 218 g/mol. The van der Waals surface area contributed by atoms with E-state index < -0.39 is 10.0 Å². The van der Waals surface area contributed by atoms with Gasteiger partial charge in [-0.2, -0.15) is 0 Å². The number of sulfonamides is 1. The molecule has 15 heavy (non-hydrogen) atoms. The minimum Gasteiger partial charge on any atom is -0.379 e. The van der Waals surface area contributed by atoms with E-state index in [-0.39, 0.29) is 11.1 Å². The summed E-state index contributed by atoms with van der Waals surface area (Å²) in [5.41, 5.74) is 0. The average Bonchev–Trinajstić information content (AvgIpc) is 2.67. The fourth-order valence-electron chi connectivity index (χ4n) is 1.62. The van der Waals surface area contributed by atoms with Crippen molar-refractivity contribution >= 4 is 10.0 Å². The van der Waals surface area contributed by atoms with Crippen LogP contribution in [-0.2, 0) is 14.8 Å². The molecule has 1 aliphatic heterocycles. The van der Waals surface area contributed by atoms with E-state index in [1.165, 1.54) is 12.5 Å². The highest BCUT2D eigenvalue weighted by atomic mass is 32.2. The highest BCUT2D eigenvalue weighted by molar-refractivity contribution is 7.89. The van der Waals surface area contributed by atoms with E-state index in [2.05, 4.69) is 4.98 Å². The van der Waals surface area contributed by atoms with Crippen LogP contribution in [0, 0.1) is 0 Å². The van der Waals surface area contributed by atoms with Crippen LogP contribution in [0.5, 0.6) is 0 Å². The molecule has 1 aromatic rings. The summed E-state index contributed by atoms with van der Waals surface area (Å²) in [5, 5.41) is 4.88. The number of nitrogens with zero attached hydrogens (tertiary/aromatic N) is 2. The maximum absolute atomic E-state index is 11.0. The van der Waals surface area contributed by atoms with Crippen LogP contribution < -0.4 is 5.14 Å². The lowest BCUT2D eigenvalue weighted by molar-refractivity contribution is 0.0591. The van der Waals surface area contributed by atoms with Gasteiger partial charge in [-0.05, 0) is 12.8 Å². The van der Waals surface area contributed by atoms with E-state index in [9.17, 15) is 8.42 Å². The SMILES string of the molecule is NS(=O)(=O)c1cn(C2CCCOC2)cn1. The number of hydrogen-bond acceptors (Lipinski definition) is 4. The lowest BCUT2D eigenvalue weighted by Crippen LogP contribution is -2.20. The van der Waals surface area contributed by atoms with Crippen molar-refractivity contribution in [2.45, 2.75) is 23.9 Å². The summed E-state index contributed by atoms with van der Waals surface area (Å²) in [6.07, 6.45) is 4.89. The zero-order valence-corrected chi connectivity index (χ0v) is 8.98. The maximum atomic E-state index is 11.0. The molecule has 1 aliphatic rings. The van der Waals surface area contributed by atoms with Crippen molar-refractivity contribution in [2.24, 2.45) is 5.14 Å². The summed E-state index contributed by atoms with van der Waals surface area (Å²) in [7, 11) is -3.69. The third-order valence-electron chi connectivity index (χ3n) is 2.43. The second-order valence-electron chi connectivity index (χ2n) is 3.58. The van der Waals surface area contributed by atoms with Crippen LogP contribution in [-0.4, -0.2) is 31.2 Å². The first-order valence-electron chi connectivity index (χ1n) is 4.71. The third kappa shape index (κ3) is 2.36. The number of primary sulfonamides is 1. The van der Waals surface area contributed by atoms with Crippen molar-refractivity contribution in [1.29, 1.82) is 0 Å². The Morgan fingerprint density at radius 3 is 2.93 bits per heavy atom. The number of ether oxygens (including phenoxy) is 1. The van der Waals surface area contributed by atoms with Crippen LogP contribution in [0.4, 0.5) is 0 Å². The number of hydrogen-bond donors (Lipinski definition) is 1. The van der Waals surface area contributed by atoms with E-state index in [1.807, 2.05) is 0 Å². The third-order valence-corrected chi connectivity index (χ3v) is 3.22. The van der Waals surface area contributed by atoms with Gasteiger partial charge in [-0.15, -0.1) is 0 Å². The average molecular weight is 231 g/mol. The van der Waals surface area contributed by atoms with Crippen molar-refractivity contribution in [2.75, 3.05) is 13.2 Å². The molecule has 1 unspecified atom stereocenters. The van der Waals surface area contributed by atoms with Gasteiger partial charge in [-0.3, -0.25) is 0 Å². The van der Waals surface area contributed by atoms with Crippen LogP contribution in [0.25, 0.3) is 0 Å². The lowest BCUT2D eigenvalue weighted by atomic mass is 10.1. The van der Waals surface area contributed by atoms with E-state index >= 15 is 0 Å². The summed E-state index contributed by atoms with van der Waals surface area (Å²) < 4.78 is 29.1. The number of aromatic nitrogens is 2. The Morgan fingerprint density at radius 2 is 2.40 bits per heavy atom. The Morgan fingerprint density at radius 1 is 1.60 bits per heavy atom. The van der Waals surface area contributed by atoms with E-state index in [4.69, 9.17) is 9.88 Å². The second-order valence-corrected chi connectivity index (χ2v) is 5.08. The van der Waals surface area contributed by atoms with Crippen molar-refractivity contribution in [1.82, 2.24) is 9.55 Å². The molecule has 2 N–H and O–H groups in total. The molecule has 2 rings (SSSR count). The summed E-state index contributed by atoms with van der Waals surface area (Å²) in [5.74, 6) is 0. The minimum absolute atomic E-state index is 0.0897. The molecule has 7 heteroatoms. The van der Waals surface area contributed by atoms with Gasteiger partial charge < -0.3 is 9.30 Å². The number of rotatable bonds is 2. The molecule has 1 aromatic heterocycles. The van der Waals surface area contributed by atoms with E-state index in [0.29, 0.717) is 6.61 Å². The molecule has 1 atom stereocenters. The predicted molar refractivity (Wildman–Crippen MR) is 52.7 cm³/mol. The van der Waals surface area contributed by atoms with Crippen LogP contribution in [0.2, 0.25) is 0 Å².